The zero-order valence-electron chi connectivity index (χ0n) is 18.0. The number of likely N-dealkylation sites (tertiary alicyclic amines) is 1. The molecule has 152 valence electrons. The highest BCUT2D eigenvalue weighted by atomic mass is 15.2. The average Bonchev–Trinajstić information content (AvgIpc) is 2.65. The summed E-state index contributed by atoms with van der Waals surface area (Å²) in [7, 11) is 4.19. The fourth-order valence-electron chi connectivity index (χ4n) is 3.54. The van der Waals surface area contributed by atoms with Gasteiger partial charge < -0.3 is 15.5 Å². The maximum atomic E-state index is 4.79. The highest BCUT2D eigenvalue weighted by molar-refractivity contribution is 5.79. The summed E-state index contributed by atoms with van der Waals surface area (Å²) < 4.78 is 0. The van der Waals surface area contributed by atoms with Crippen molar-refractivity contribution in [1.29, 1.82) is 0 Å². The summed E-state index contributed by atoms with van der Waals surface area (Å²) in [5.74, 6) is 0.903. The van der Waals surface area contributed by atoms with Gasteiger partial charge in [-0.05, 0) is 71.9 Å². The van der Waals surface area contributed by atoms with Crippen molar-refractivity contribution in [2.24, 2.45) is 4.99 Å². The highest BCUT2D eigenvalue weighted by Crippen LogP contribution is 2.19. The van der Waals surface area contributed by atoms with Gasteiger partial charge in [0.05, 0.1) is 6.54 Å². The Balaban J connectivity index is 1.91. The Labute approximate surface area is 166 Å². The van der Waals surface area contributed by atoms with Gasteiger partial charge in [-0.3, -0.25) is 4.90 Å². The van der Waals surface area contributed by atoms with Crippen LogP contribution in [0.3, 0.4) is 0 Å². The monoisotopic (exact) mass is 373 g/mol. The molecule has 1 heterocycles. The Kier molecular flexibility index (Phi) is 8.58. The van der Waals surface area contributed by atoms with Crippen LogP contribution < -0.4 is 10.6 Å². The standard InChI is InChI=1S/C22H39N5/c1-6-23-21(25-18-22(2,3)27-14-8-7-9-15-27)24-16-19-10-12-20(13-11-19)17-26(4)5/h10-13H,6-9,14-18H2,1-5H3,(H2,23,24,25). The SMILES string of the molecule is CCNC(=NCc1ccc(CN(C)C)cc1)NCC(C)(C)N1CCCCC1. The number of piperidine rings is 1. The van der Waals surface area contributed by atoms with Crippen LogP contribution in [0, 0.1) is 0 Å². The van der Waals surface area contributed by atoms with Crippen molar-refractivity contribution in [2.75, 3.05) is 40.3 Å². The second-order valence-corrected chi connectivity index (χ2v) is 8.46. The number of rotatable bonds is 8. The van der Waals surface area contributed by atoms with Crippen molar-refractivity contribution in [3.05, 3.63) is 35.4 Å². The van der Waals surface area contributed by atoms with Crippen molar-refractivity contribution < 1.29 is 0 Å². The van der Waals surface area contributed by atoms with Gasteiger partial charge in [-0.25, -0.2) is 4.99 Å². The summed E-state index contributed by atoms with van der Waals surface area (Å²) in [6.07, 6.45) is 4.01. The molecule has 27 heavy (non-hydrogen) atoms. The molecule has 0 aliphatic carbocycles. The Bertz CT molecular complexity index is 571. The Morgan fingerprint density at radius 1 is 1.04 bits per heavy atom. The topological polar surface area (TPSA) is 42.9 Å². The van der Waals surface area contributed by atoms with E-state index in [0.717, 1.165) is 25.6 Å². The summed E-state index contributed by atoms with van der Waals surface area (Å²) >= 11 is 0. The first-order valence-corrected chi connectivity index (χ1v) is 10.4. The van der Waals surface area contributed by atoms with E-state index in [1.165, 1.54) is 43.5 Å². The third kappa shape index (κ3) is 7.51. The van der Waals surface area contributed by atoms with E-state index in [9.17, 15) is 0 Å². The second-order valence-electron chi connectivity index (χ2n) is 8.46. The van der Waals surface area contributed by atoms with E-state index in [1.807, 2.05) is 0 Å². The van der Waals surface area contributed by atoms with Crippen LogP contribution in [-0.4, -0.2) is 61.6 Å². The van der Waals surface area contributed by atoms with Gasteiger partial charge in [-0.1, -0.05) is 30.7 Å². The molecular weight excluding hydrogens is 334 g/mol. The van der Waals surface area contributed by atoms with Crippen molar-refractivity contribution in [1.82, 2.24) is 20.4 Å². The van der Waals surface area contributed by atoms with E-state index in [2.05, 4.69) is 79.6 Å². The molecule has 1 aromatic carbocycles. The molecule has 1 aliphatic heterocycles. The molecule has 1 aromatic rings. The average molecular weight is 374 g/mol. The van der Waals surface area contributed by atoms with Gasteiger partial charge in [0.15, 0.2) is 5.96 Å². The van der Waals surface area contributed by atoms with Crippen molar-refractivity contribution >= 4 is 5.96 Å². The number of nitrogens with zero attached hydrogens (tertiary/aromatic N) is 3. The second kappa shape index (κ2) is 10.7. The predicted molar refractivity (Wildman–Crippen MR) is 116 cm³/mol. The molecule has 0 aromatic heterocycles. The van der Waals surface area contributed by atoms with Crippen LogP contribution >= 0.6 is 0 Å². The van der Waals surface area contributed by atoms with Crippen LogP contribution in [-0.2, 0) is 13.1 Å². The molecule has 5 heteroatoms. The Hall–Kier alpha value is -1.59. The van der Waals surface area contributed by atoms with Gasteiger partial charge in [0, 0.05) is 25.2 Å². The number of aliphatic imine (C=N–C) groups is 1. The number of nitrogens with one attached hydrogen (secondary N) is 2. The highest BCUT2D eigenvalue weighted by Gasteiger charge is 2.27. The molecule has 1 saturated heterocycles. The number of guanidine groups is 1. The molecule has 0 bridgehead atoms. The van der Waals surface area contributed by atoms with Crippen LogP contribution in [0.1, 0.15) is 51.2 Å². The van der Waals surface area contributed by atoms with Gasteiger partial charge in [0.2, 0.25) is 0 Å². The Morgan fingerprint density at radius 2 is 1.67 bits per heavy atom. The molecule has 5 nitrogen and oxygen atoms in total. The predicted octanol–water partition coefficient (Wildman–Crippen LogP) is 3.07. The van der Waals surface area contributed by atoms with Crippen LogP contribution in [0.5, 0.6) is 0 Å². The smallest absolute Gasteiger partial charge is 0.191 e. The van der Waals surface area contributed by atoms with Crippen molar-refractivity contribution in [3.8, 4) is 0 Å². The molecule has 0 amide bonds. The minimum absolute atomic E-state index is 0.143. The van der Waals surface area contributed by atoms with E-state index in [1.54, 1.807) is 0 Å². The molecule has 0 spiro atoms. The first-order chi connectivity index (χ1) is 12.9. The number of hydrogen-bond acceptors (Lipinski definition) is 3. The van der Waals surface area contributed by atoms with Crippen molar-refractivity contribution in [3.63, 3.8) is 0 Å². The fraction of sp³-hybridized carbons (Fsp3) is 0.682. The Morgan fingerprint density at radius 3 is 2.26 bits per heavy atom. The van der Waals surface area contributed by atoms with Gasteiger partial charge >= 0.3 is 0 Å². The lowest BCUT2D eigenvalue weighted by Crippen LogP contribution is -2.54. The molecular formula is C22H39N5. The summed E-state index contributed by atoms with van der Waals surface area (Å²) in [4.78, 5) is 9.58. The fourth-order valence-corrected chi connectivity index (χ4v) is 3.54. The number of benzene rings is 1. The maximum absolute atomic E-state index is 4.79. The largest absolute Gasteiger partial charge is 0.357 e. The normalized spacial score (nSPS) is 16.6. The summed E-state index contributed by atoms with van der Waals surface area (Å²) in [5, 5.41) is 6.94. The molecule has 0 atom stereocenters. The van der Waals surface area contributed by atoms with Gasteiger partial charge in [0.1, 0.15) is 0 Å². The lowest BCUT2D eigenvalue weighted by atomic mass is 9.98. The summed E-state index contributed by atoms with van der Waals surface area (Å²) in [5.41, 5.74) is 2.72. The van der Waals surface area contributed by atoms with Crippen molar-refractivity contribution in [2.45, 2.75) is 58.7 Å². The van der Waals surface area contributed by atoms with Gasteiger partial charge in [-0.2, -0.15) is 0 Å². The molecule has 2 rings (SSSR count). The molecule has 0 radical (unpaired) electrons. The van der Waals surface area contributed by atoms with Crippen LogP contribution in [0.15, 0.2) is 29.3 Å². The quantitative estimate of drug-likeness (QED) is 0.543. The molecule has 1 fully saturated rings. The minimum atomic E-state index is 0.143. The van der Waals surface area contributed by atoms with Gasteiger partial charge in [0.25, 0.3) is 0 Å². The zero-order chi connectivity index (χ0) is 19.7. The zero-order valence-corrected chi connectivity index (χ0v) is 18.0. The van der Waals surface area contributed by atoms with Crippen LogP contribution in [0.4, 0.5) is 0 Å². The van der Waals surface area contributed by atoms with Crippen LogP contribution in [0.2, 0.25) is 0 Å². The van der Waals surface area contributed by atoms with Crippen LogP contribution in [0.25, 0.3) is 0 Å². The van der Waals surface area contributed by atoms with E-state index in [0.29, 0.717) is 6.54 Å². The van der Waals surface area contributed by atoms with E-state index >= 15 is 0 Å². The third-order valence-electron chi connectivity index (χ3n) is 5.19. The number of hydrogen-bond donors (Lipinski definition) is 2. The maximum Gasteiger partial charge on any atom is 0.191 e. The van der Waals surface area contributed by atoms with Gasteiger partial charge in [-0.15, -0.1) is 0 Å². The minimum Gasteiger partial charge on any atom is -0.357 e. The lowest BCUT2D eigenvalue weighted by molar-refractivity contribution is 0.0982. The first-order valence-electron chi connectivity index (χ1n) is 10.4. The first kappa shape index (κ1) is 21.7. The third-order valence-corrected chi connectivity index (χ3v) is 5.19. The molecule has 2 N–H and O–H groups in total. The van der Waals surface area contributed by atoms with E-state index < -0.39 is 0 Å². The van der Waals surface area contributed by atoms with E-state index in [-0.39, 0.29) is 5.54 Å². The molecule has 0 saturated carbocycles. The summed E-state index contributed by atoms with van der Waals surface area (Å²) in [6.45, 7) is 12.6. The molecule has 0 unspecified atom stereocenters. The summed E-state index contributed by atoms with van der Waals surface area (Å²) in [6, 6.07) is 8.77. The van der Waals surface area contributed by atoms with E-state index in [4.69, 9.17) is 4.99 Å². The molecule has 1 aliphatic rings. The lowest BCUT2D eigenvalue weighted by Gasteiger charge is -2.41.